The molecule has 0 fully saturated rings. The quantitative estimate of drug-likeness (QED) is 0.747. The van der Waals surface area contributed by atoms with Crippen molar-refractivity contribution in [2.45, 2.75) is 11.8 Å². The summed E-state index contributed by atoms with van der Waals surface area (Å²) in [6.45, 7) is 1.86. The molecule has 1 aromatic carbocycles. The second kappa shape index (κ2) is 4.47. The van der Waals surface area contributed by atoms with E-state index < -0.39 is 9.84 Å². The molecule has 0 bridgehead atoms. The Bertz CT molecular complexity index is 524. The van der Waals surface area contributed by atoms with E-state index in [0.29, 0.717) is 0 Å². The smallest absolute Gasteiger partial charge is 0.201 e. The molecule has 0 saturated heterocycles. The average Bonchev–Trinajstić information content (AvgIpc) is 2.17. The van der Waals surface area contributed by atoms with Crippen molar-refractivity contribution in [2.75, 3.05) is 0 Å². The topological polar surface area (TPSA) is 57.9 Å². The number of allylic oxidation sites excluding steroid dienone is 1. The maximum atomic E-state index is 11.6. The molecular weight excluding hydrogens is 234 g/mol. The van der Waals surface area contributed by atoms with E-state index in [2.05, 4.69) is 0 Å². The molecule has 0 amide bonds. The number of hydrogen-bond donors (Lipinski definition) is 0. The highest BCUT2D eigenvalue weighted by atomic mass is 35.5. The molecule has 0 heterocycles. The van der Waals surface area contributed by atoms with Gasteiger partial charge in [-0.05, 0) is 19.1 Å². The molecule has 0 aliphatic carbocycles. The number of nitriles is 1. The van der Waals surface area contributed by atoms with Gasteiger partial charge in [0.15, 0.2) is 0 Å². The van der Waals surface area contributed by atoms with E-state index in [4.69, 9.17) is 16.9 Å². The van der Waals surface area contributed by atoms with E-state index in [1.165, 1.54) is 12.1 Å². The van der Waals surface area contributed by atoms with Gasteiger partial charge in [-0.3, -0.25) is 0 Å². The zero-order chi connectivity index (χ0) is 11.5. The van der Waals surface area contributed by atoms with Crippen LogP contribution in [0, 0.1) is 18.3 Å². The lowest BCUT2D eigenvalue weighted by atomic mass is 10.2. The first-order valence-electron chi connectivity index (χ1n) is 4.05. The molecular formula is C10H8ClNO2S. The average molecular weight is 242 g/mol. The Morgan fingerprint density at radius 1 is 1.40 bits per heavy atom. The van der Waals surface area contributed by atoms with Crippen molar-refractivity contribution in [1.29, 1.82) is 5.26 Å². The predicted molar refractivity (Wildman–Crippen MR) is 57.9 cm³/mol. The standard InChI is InChI=1S/C10H8ClNO2S/c1-8-2-4-10(5-3-8)15(13,14)7-9(11)6-12/h2-5,7H,1H3. The van der Waals surface area contributed by atoms with Crippen LogP contribution in [0.15, 0.2) is 39.6 Å². The minimum atomic E-state index is -3.60. The second-order valence-electron chi connectivity index (χ2n) is 2.94. The van der Waals surface area contributed by atoms with E-state index in [1.54, 1.807) is 18.2 Å². The van der Waals surface area contributed by atoms with Crippen LogP contribution in [0.2, 0.25) is 0 Å². The van der Waals surface area contributed by atoms with Crippen LogP contribution in [0.5, 0.6) is 0 Å². The molecule has 78 valence electrons. The maximum absolute atomic E-state index is 11.6. The van der Waals surface area contributed by atoms with E-state index in [9.17, 15) is 8.42 Å². The molecule has 0 aromatic heterocycles. The highest BCUT2D eigenvalue weighted by molar-refractivity contribution is 7.94. The summed E-state index contributed by atoms with van der Waals surface area (Å²) < 4.78 is 23.2. The van der Waals surface area contributed by atoms with Crippen LogP contribution in [-0.2, 0) is 9.84 Å². The molecule has 0 aliphatic heterocycles. The van der Waals surface area contributed by atoms with Gasteiger partial charge in [-0.2, -0.15) is 5.26 Å². The molecule has 1 aromatic rings. The Hall–Kier alpha value is -1.31. The highest BCUT2D eigenvalue weighted by Crippen LogP contribution is 2.15. The number of halogens is 1. The van der Waals surface area contributed by atoms with Gasteiger partial charge in [0.05, 0.1) is 10.3 Å². The monoisotopic (exact) mass is 241 g/mol. The van der Waals surface area contributed by atoms with E-state index in [-0.39, 0.29) is 9.93 Å². The molecule has 0 N–H and O–H groups in total. The fourth-order valence-corrected chi connectivity index (χ4v) is 2.29. The molecule has 3 nitrogen and oxygen atoms in total. The van der Waals surface area contributed by atoms with Crippen molar-refractivity contribution in [1.82, 2.24) is 0 Å². The van der Waals surface area contributed by atoms with Gasteiger partial charge in [-0.1, -0.05) is 29.3 Å². The molecule has 0 unspecified atom stereocenters. The first-order valence-corrected chi connectivity index (χ1v) is 5.97. The third-order valence-corrected chi connectivity index (χ3v) is 3.51. The van der Waals surface area contributed by atoms with Crippen molar-refractivity contribution in [3.8, 4) is 6.07 Å². The summed E-state index contributed by atoms with van der Waals surface area (Å²) in [5, 5.41) is 8.77. The number of rotatable bonds is 2. The summed E-state index contributed by atoms with van der Waals surface area (Å²) >= 11 is 5.35. The van der Waals surface area contributed by atoms with Gasteiger partial charge in [-0.25, -0.2) is 8.42 Å². The number of nitrogens with zero attached hydrogens (tertiary/aromatic N) is 1. The van der Waals surface area contributed by atoms with Gasteiger partial charge in [0.1, 0.15) is 11.1 Å². The van der Waals surface area contributed by atoms with Crippen molar-refractivity contribution >= 4 is 21.4 Å². The zero-order valence-corrected chi connectivity index (χ0v) is 9.51. The first-order chi connectivity index (χ1) is 6.95. The van der Waals surface area contributed by atoms with Crippen molar-refractivity contribution in [3.63, 3.8) is 0 Å². The lowest BCUT2D eigenvalue weighted by Gasteiger charge is -1.99. The second-order valence-corrected chi connectivity index (χ2v) is 5.14. The fourth-order valence-electron chi connectivity index (χ4n) is 0.959. The van der Waals surface area contributed by atoms with Crippen LogP contribution in [0.4, 0.5) is 0 Å². The van der Waals surface area contributed by atoms with Crippen molar-refractivity contribution in [2.24, 2.45) is 0 Å². The number of hydrogen-bond acceptors (Lipinski definition) is 3. The zero-order valence-electron chi connectivity index (χ0n) is 7.94. The molecule has 5 heteroatoms. The van der Waals surface area contributed by atoms with E-state index in [0.717, 1.165) is 11.0 Å². The summed E-state index contributed by atoms with van der Waals surface area (Å²) in [6.07, 6.45) is 0. The maximum Gasteiger partial charge on any atom is 0.201 e. The molecule has 0 radical (unpaired) electrons. The van der Waals surface area contributed by atoms with Gasteiger partial charge in [0, 0.05) is 0 Å². The Morgan fingerprint density at radius 3 is 2.40 bits per heavy atom. The lowest BCUT2D eigenvalue weighted by molar-refractivity contribution is 0.604. The van der Waals surface area contributed by atoms with Crippen molar-refractivity contribution in [3.05, 3.63) is 40.3 Å². The van der Waals surface area contributed by atoms with Crippen LogP contribution in [0.25, 0.3) is 0 Å². The van der Waals surface area contributed by atoms with Crippen LogP contribution < -0.4 is 0 Å². The Kier molecular flexibility index (Phi) is 3.51. The predicted octanol–water partition coefficient (Wildman–Crippen LogP) is 2.37. The normalized spacial score (nSPS) is 12.2. The van der Waals surface area contributed by atoms with Gasteiger partial charge >= 0.3 is 0 Å². The summed E-state index contributed by atoms with van der Waals surface area (Å²) in [7, 11) is -3.60. The molecule has 0 spiro atoms. The SMILES string of the molecule is Cc1ccc(S(=O)(=O)C=C(Cl)C#N)cc1. The molecule has 0 saturated carbocycles. The highest BCUT2D eigenvalue weighted by Gasteiger charge is 2.11. The van der Waals surface area contributed by atoms with Crippen LogP contribution in [-0.4, -0.2) is 8.42 Å². The molecule has 0 atom stereocenters. The minimum absolute atomic E-state index is 0.126. The van der Waals surface area contributed by atoms with Crippen LogP contribution in [0.1, 0.15) is 5.56 Å². The van der Waals surface area contributed by atoms with Gasteiger partial charge in [0.2, 0.25) is 9.84 Å². The molecule has 1 rings (SSSR count). The van der Waals surface area contributed by atoms with Gasteiger partial charge in [0.25, 0.3) is 0 Å². The van der Waals surface area contributed by atoms with Crippen molar-refractivity contribution < 1.29 is 8.42 Å². The largest absolute Gasteiger partial charge is 0.219 e. The summed E-state index contributed by atoms with van der Waals surface area (Å²) in [4.78, 5) is 0.126. The van der Waals surface area contributed by atoms with Gasteiger partial charge < -0.3 is 0 Å². The molecule has 0 aliphatic rings. The minimum Gasteiger partial charge on any atom is -0.219 e. The fraction of sp³-hybridized carbons (Fsp3) is 0.100. The summed E-state index contributed by atoms with van der Waals surface area (Å²) in [5.41, 5.74) is 0.962. The Morgan fingerprint density at radius 2 is 1.93 bits per heavy atom. The number of aryl methyl sites for hydroxylation is 1. The first kappa shape index (κ1) is 11.8. The summed E-state index contributed by atoms with van der Waals surface area (Å²) in [6, 6.07) is 7.86. The third-order valence-electron chi connectivity index (χ3n) is 1.71. The summed E-state index contributed by atoms with van der Waals surface area (Å²) in [5.74, 6) is 0. The number of sulfone groups is 1. The van der Waals surface area contributed by atoms with Crippen LogP contribution >= 0.6 is 11.6 Å². The number of benzene rings is 1. The van der Waals surface area contributed by atoms with Gasteiger partial charge in [-0.15, -0.1) is 0 Å². The Balaban J connectivity index is 3.20. The third kappa shape index (κ3) is 3.08. The molecule has 15 heavy (non-hydrogen) atoms. The van der Waals surface area contributed by atoms with Crippen LogP contribution in [0.3, 0.4) is 0 Å². The Labute approximate surface area is 93.5 Å². The van der Waals surface area contributed by atoms with E-state index in [1.807, 2.05) is 6.92 Å². The lowest BCUT2D eigenvalue weighted by Crippen LogP contribution is -1.96. The van der Waals surface area contributed by atoms with E-state index >= 15 is 0 Å².